The van der Waals surface area contributed by atoms with E-state index in [2.05, 4.69) is 180 Å². The van der Waals surface area contributed by atoms with E-state index >= 15 is 0 Å². The first kappa shape index (κ1) is 36.2. The Labute approximate surface area is 381 Å². The van der Waals surface area contributed by atoms with Gasteiger partial charge in [-0.1, -0.05) is 152 Å². The lowest BCUT2D eigenvalue weighted by Gasteiger charge is -2.14. The standard InChI is InChI=1S/C61H34N4O2/c1-2-14-37-30-40(25-24-35(37)12-1)59-62-60(64-61(63-59)47-21-11-23-54-57(47)46-20-9-10-22-52(46)66-54)41-27-29-53-49(32-41)56-44-19-8-7-18-43(44)51(34-55(56)67-53)65-50-33-39-16-4-3-15-38(39)31-48(50)45-28-26-36-13-5-6-17-42(36)58(45)65/h1-34H. The summed E-state index contributed by atoms with van der Waals surface area (Å²) in [6.45, 7) is 0. The average Bonchev–Trinajstić information content (AvgIpc) is 4.06. The number of furan rings is 2. The van der Waals surface area contributed by atoms with Gasteiger partial charge in [-0.2, -0.15) is 0 Å². The van der Waals surface area contributed by atoms with Gasteiger partial charge in [-0.05, 0) is 80.8 Å². The lowest BCUT2D eigenvalue weighted by Crippen LogP contribution is -2.00. The van der Waals surface area contributed by atoms with Crippen LogP contribution in [0, 0.1) is 0 Å². The van der Waals surface area contributed by atoms with Gasteiger partial charge in [0.15, 0.2) is 17.5 Å². The van der Waals surface area contributed by atoms with Gasteiger partial charge in [0, 0.05) is 65.8 Å². The summed E-state index contributed by atoms with van der Waals surface area (Å²) < 4.78 is 15.7. The number of nitrogens with zero attached hydrogens (tertiary/aromatic N) is 4. The molecule has 11 aromatic carbocycles. The molecule has 6 nitrogen and oxygen atoms in total. The second-order valence-electron chi connectivity index (χ2n) is 17.5. The molecule has 0 aliphatic carbocycles. The number of rotatable bonds is 4. The molecule has 0 N–H and O–H groups in total. The van der Waals surface area contributed by atoms with Crippen molar-refractivity contribution in [3.8, 4) is 39.9 Å². The molecule has 0 aliphatic rings. The van der Waals surface area contributed by atoms with Crippen LogP contribution in [0.2, 0.25) is 0 Å². The highest BCUT2D eigenvalue weighted by Gasteiger charge is 2.23. The summed E-state index contributed by atoms with van der Waals surface area (Å²) in [6.07, 6.45) is 0. The fourth-order valence-corrected chi connectivity index (χ4v) is 10.7. The maximum atomic E-state index is 6.90. The van der Waals surface area contributed by atoms with Crippen LogP contribution in [0.3, 0.4) is 0 Å². The Morgan fingerprint density at radius 3 is 1.75 bits per heavy atom. The van der Waals surface area contributed by atoms with E-state index in [1.54, 1.807) is 0 Å². The molecule has 6 heteroatoms. The highest BCUT2D eigenvalue weighted by atomic mass is 16.3. The molecule has 0 bridgehead atoms. The first-order valence-electron chi connectivity index (χ1n) is 22.6. The molecular weight excluding hydrogens is 821 g/mol. The number of hydrogen-bond donors (Lipinski definition) is 0. The molecule has 0 radical (unpaired) electrons. The zero-order valence-electron chi connectivity index (χ0n) is 35.7. The van der Waals surface area contributed by atoms with Crippen molar-refractivity contribution in [3.05, 3.63) is 206 Å². The molecule has 4 heterocycles. The Kier molecular flexibility index (Phi) is 7.40. The third kappa shape index (κ3) is 5.35. The molecule has 0 amide bonds. The maximum absolute atomic E-state index is 6.90. The van der Waals surface area contributed by atoms with Gasteiger partial charge in [0.25, 0.3) is 0 Å². The van der Waals surface area contributed by atoms with E-state index in [4.69, 9.17) is 23.8 Å². The fraction of sp³-hybridized carbons (Fsp3) is 0. The zero-order valence-corrected chi connectivity index (χ0v) is 35.7. The summed E-state index contributed by atoms with van der Waals surface area (Å²) >= 11 is 0. The Morgan fingerprint density at radius 1 is 0.313 bits per heavy atom. The minimum absolute atomic E-state index is 0.569. The molecule has 0 unspecified atom stereocenters. The molecule has 4 aromatic heterocycles. The molecule has 67 heavy (non-hydrogen) atoms. The number of aromatic nitrogens is 4. The molecule has 15 aromatic rings. The van der Waals surface area contributed by atoms with E-state index in [0.717, 1.165) is 93.3 Å². The Hall–Kier alpha value is -9.13. The third-order valence-corrected chi connectivity index (χ3v) is 13.8. The van der Waals surface area contributed by atoms with Gasteiger partial charge in [-0.3, -0.25) is 0 Å². The molecule has 0 spiro atoms. The summed E-state index contributed by atoms with van der Waals surface area (Å²) in [5.74, 6) is 1.73. The monoisotopic (exact) mass is 854 g/mol. The van der Waals surface area contributed by atoms with Crippen LogP contribution in [0.25, 0.3) is 149 Å². The molecule has 310 valence electrons. The SMILES string of the molecule is c1ccc2cc(-c3nc(-c4ccc5oc6cc(-n7c8cc9ccccc9cc8c8ccc9ccccc9c87)c7ccccc7c6c5c4)nc(-c4cccc5oc6ccccc6c45)n3)ccc2c1. The van der Waals surface area contributed by atoms with Crippen molar-refractivity contribution in [3.63, 3.8) is 0 Å². The van der Waals surface area contributed by atoms with E-state index in [-0.39, 0.29) is 0 Å². The number of para-hydroxylation sites is 1. The normalized spacial score (nSPS) is 12.2. The van der Waals surface area contributed by atoms with Crippen molar-refractivity contribution in [2.24, 2.45) is 0 Å². The van der Waals surface area contributed by atoms with Gasteiger partial charge in [-0.25, -0.2) is 15.0 Å². The largest absolute Gasteiger partial charge is 0.456 e. The summed E-state index contributed by atoms with van der Waals surface area (Å²) in [6, 6.07) is 72.8. The molecule has 0 saturated carbocycles. The van der Waals surface area contributed by atoms with Gasteiger partial charge < -0.3 is 13.4 Å². The molecule has 0 aliphatic heterocycles. The van der Waals surface area contributed by atoms with Crippen LogP contribution >= 0.6 is 0 Å². The van der Waals surface area contributed by atoms with E-state index in [1.165, 1.54) is 37.8 Å². The topological polar surface area (TPSA) is 69.9 Å². The highest BCUT2D eigenvalue weighted by molar-refractivity contribution is 6.25. The number of fused-ring (bicyclic) bond motifs is 15. The third-order valence-electron chi connectivity index (χ3n) is 13.8. The number of benzene rings is 11. The minimum Gasteiger partial charge on any atom is -0.456 e. The van der Waals surface area contributed by atoms with E-state index in [1.807, 2.05) is 30.3 Å². The Bertz CT molecular complexity index is 4590. The van der Waals surface area contributed by atoms with Crippen LogP contribution in [-0.2, 0) is 0 Å². The highest BCUT2D eigenvalue weighted by Crippen LogP contribution is 2.44. The predicted molar refractivity (Wildman–Crippen MR) is 275 cm³/mol. The van der Waals surface area contributed by atoms with Crippen molar-refractivity contribution in [2.75, 3.05) is 0 Å². The second kappa shape index (κ2) is 13.7. The minimum atomic E-state index is 0.569. The predicted octanol–water partition coefficient (Wildman–Crippen LogP) is 16.4. The van der Waals surface area contributed by atoms with Crippen LogP contribution < -0.4 is 0 Å². The summed E-state index contributed by atoms with van der Waals surface area (Å²) in [4.78, 5) is 15.7. The quantitative estimate of drug-likeness (QED) is 0.176. The van der Waals surface area contributed by atoms with Crippen LogP contribution in [-0.4, -0.2) is 19.5 Å². The van der Waals surface area contributed by atoms with Gasteiger partial charge in [-0.15, -0.1) is 0 Å². The van der Waals surface area contributed by atoms with Crippen LogP contribution in [0.5, 0.6) is 0 Å². The summed E-state index contributed by atoms with van der Waals surface area (Å²) in [7, 11) is 0. The van der Waals surface area contributed by atoms with Crippen molar-refractivity contribution < 1.29 is 8.83 Å². The lowest BCUT2D eigenvalue weighted by atomic mass is 10.0. The van der Waals surface area contributed by atoms with Gasteiger partial charge >= 0.3 is 0 Å². The van der Waals surface area contributed by atoms with Crippen molar-refractivity contribution >= 4 is 109 Å². The fourth-order valence-electron chi connectivity index (χ4n) is 10.7. The molecular formula is C61H34N4O2. The molecule has 0 fully saturated rings. The van der Waals surface area contributed by atoms with Crippen LogP contribution in [0.15, 0.2) is 215 Å². The van der Waals surface area contributed by atoms with Gasteiger partial charge in [0.1, 0.15) is 22.3 Å². The van der Waals surface area contributed by atoms with E-state index in [9.17, 15) is 0 Å². The van der Waals surface area contributed by atoms with Crippen LogP contribution in [0.1, 0.15) is 0 Å². The van der Waals surface area contributed by atoms with E-state index in [0.29, 0.717) is 17.5 Å². The van der Waals surface area contributed by atoms with Crippen LogP contribution in [0.4, 0.5) is 0 Å². The molecule has 15 rings (SSSR count). The van der Waals surface area contributed by atoms with Gasteiger partial charge in [0.2, 0.25) is 0 Å². The summed E-state index contributed by atoms with van der Waals surface area (Å²) in [5.41, 5.74) is 9.25. The maximum Gasteiger partial charge on any atom is 0.164 e. The van der Waals surface area contributed by atoms with Gasteiger partial charge in [0.05, 0.1) is 16.7 Å². The average molecular weight is 855 g/mol. The van der Waals surface area contributed by atoms with E-state index < -0.39 is 0 Å². The number of hydrogen-bond acceptors (Lipinski definition) is 5. The zero-order chi connectivity index (χ0) is 43.7. The lowest BCUT2D eigenvalue weighted by molar-refractivity contribution is 0.668. The Balaban J connectivity index is 0.979. The smallest absolute Gasteiger partial charge is 0.164 e. The molecule has 0 saturated heterocycles. The molecule has 0 atom stereocenters. The van der Waals surface area contributed by atoms with Crippen molar-refractivity contribution in [1.29, 1.82) is 0 Å². The second-order valence-corrected chi connectivity index (χ2v) is 17.5. The first-order valence-corrected chi connectivity index (χ1v) is 22.6. The summed E-state index contributed by atoms with van der Waals surface area (Å²) in [5, 5.41) is 15.8. The van der Waals surface area contributed by atoms with Crippen molar-refractivity contribution in [1.82, 2.24) is 19.5 Å². The van der Waals surface area contributed by atoms with Crippen molar-refractivity contribution in [2.45, 2.75) is 0 Å². The Morgan fingerprint density at radius 2 is 0.910 bits per heavy atom. The first-order chi connectivity index (χ1) is 33.2.